The zero-order valence-electron chi connectivity index (χ0n) is 16.3. The number of nitrogens with one attached hydrogen (secondary N) is 2. The van der Waals surface area contributed by atoms with Gasteiger partial charge in [-0.2, -0.15) is 0 Å². The number of para-hydroxylation sites is 2. The van der Waals surface area contributed by atoms with Crippen molar-refractivity contribution in [2.75, 3.05) is 5.43 Å². The largest absolute Gasteiger partial charge is 0.457 e. The molecule has 1 aromatic heterocycles. The normalized spacial score (nSPS) is 10.6. The number of carbonyl (C=O) groups excluding carboxylic acids is 1. The van der Waals surface area contributed by atoms with E-state index in [4.69, 9.17) is 4.74 Å². The van der Waals surface area contributed by atoms with Crippen molar-refractivity contribution in [3.63, 3.8) is 0 Å². The fourth-order valence-electron chi connectivity index (χ4n) is 3.04. The predicted molar refractivity (Wildman–Crippen MR) is 116 cm³/mol. The number of rotatable bonds is 6. The Morgan fingerprint density at radius 2 is 1.60 bits per heavy atom. The predicted octanol–water partition coefficient (Wildman–Crippen LogP) is 3.97. The summed E-state index contributed by atoms with van der Waals surface area (Å²) < 4.78 is 7.20. The molecule has 7 heteroatoms. The average Bonchev–Trinajstić information content (AvgIpc) is 2.79. The first-order valence-corrected chi connectivity index (χ1v) is 9.54. The van der Waals surface area contributed by atoms with Crippen LogP contribution in [0.2, 0.25) is 0 Å². The number of hydrazine groups is 1. The highest BCUT2D eigenvalue weighted by atomic mass is 16.5. The summed E-state index contributed by atoms with van der Waals surface area (Å²) in [5, 5.41) is 0.533. The first-order chi connectivity index (χ1) is 14.7. The third kappa shape index (κ3) is 4.00. The molecule has 0 radical (unpaired) electrons. The number of nitrogens with zero attached hydrogens (tertiary/aromatic N) is 2. The third-order valence-corrected chi connectivity index (χ3v) is 4.56. The van der Waals surface area contributed by atoms with Gasteiger partial charge in [-0.05, 0) is 55.5 Å². The molecule has 0 bridgehead atoms. The molecule has 30 heavy (non-hydrogen) atoms. The molecule has 0 saturated heterocycles. The molecule has 0 fully saturated rings. The summed E-state index contributed by atoms with van der Waals surface area (Å²) in [6, 6.07) is 23.3. The molecule has 1 amide bonds. The second-order valence-electron chi connectivity index (χ2n) is 6.52. The van der Waals surface area contributed by atoms with Crippen LogP contribution in [0.15, 0.2) is 83.7 Å². The number of fused-ring (bicyclic) bond motifs is 1. The lowest BCUT2D eigenvalue weighted by Crippen LogP contribution is -2.34. The van der Waals surface area contributed by atoms with Gasteiger partial charge in [0.2, 0.25) is 5.95 Å². The first-order valence-electron chi connectivity index (χ1n) is 9.54. The summed E-state index contributed by atoms with van der Waals surface area (Å²) in [6.45, 7) is 2.26. The van der Waals surface area contributed by atoms with Gasteiger partial charge in [0.05, 0.1) is 10.9 Å². The Bertz CT molecular complexity index is 1240. The minimum Gasteiger partial charge on any atom is -0.457 e. The van der Waals surface area contributed by atoms with Gasteiger partial charge in [-0.1, -0.05) is 30.3 Å². The number of aromatic nitrogens is 2. The molecular formula is C23H20N4O3. The maximum absolute atomic E-state index is 12.6. The van der Waals surface area contributed by atoms with E-state index in [2.05, 4.69) is 15.8 Å². The van der Waals surface area contributed by atoms with Crippen LogP contribution in [0.4, 0.5) is 5.95 Å². The molecule has 4 rings (SSSR count). The minimum absolute atomic E-state index is 0.165. The van der Waals surface area contributed by atoms with Gasteiger partial charge in [-0.3, -0.25) is 25.0 Å². The van der Waals surface area contributed by atoms with Crippen molar-refractivity contribution in [3.8, 4) is 11.5 Å². The van der Waals surface area contributed by atoms with Crippen molar-refractivity contribution in [1.82, 2.24) is 15.0 Å². The number of amides is 1. The van der Waals surface area contributed by atoms with E-state index in [-0.39, 0.29) is 17.4 Å². The quantitative estimate of drug-likeness (QED) is 0.479. The summed E-state index contributed by atoms with van der Waals surface area (Å²) in [4.78, 5) is 29.6. The monoisotopic (exact) mass is 400 g/mol. The number of carbonyl (C=O) groups is 1. The van der Waals surface area contributed by atoms with E-state index in [1.54, 1.807) is 42.5 Å². The smallest absolute Gasteiger partial charge is 0.269 e. The lowest BCUT2D eigenvalue weighted by Gasteiger charge is -2.14. The summed E-state index contributed by atoms with van der Waals surface area (Å²) in [6.07, 6.45) is 0. The second kappa shape index (κ2) is 8.48. The van der Waals surface area contributed by atoms with Crippen LogP contribution in [0, 0.1) is 0 Å². The first kappa shape index (κ1) is 19.2. The summed E-state index contributed by atoms with van der Waals surface area (Å²) in [5.41, 5.74) is 6.21. The Hall–Kier alpha value is -4.13. The molecule has 0 aliphatic heterocycles. The highest BCUT2D eigenvalue weighted by molar-refractivity contribution is 5.95. The molecule has 0 unspecified atom stereocenters. The minimum atomic E-state index is -0.355. The molecule has 2 N–H and O–H groups in total. The van der Waals surface area contributed by atoms with Crippen LogP contribution in [-0.4, -0.2) is 15.5 Å². The number of hydrogen-bond donors (Lipinski definition) is 2. The van der Waals surface area contributed by atoms with Crippen molar-refractivity contribution in [2.24, 2.45) is 0 Å². The summed E-state index contributed by atoms with van der Waals surface area (Å²) in [5.74, 6) is 1.27. The van der Waals surface area contributed by atoms with Gasteiger partial charge in [0.25, 0.3) is 11.5 Å². The van der Waals surface area contributed by atoms with Crippen LogP contribution >= 0.6 is 0 Å². The Morgan fingerprint density at radius 1 is 0.933 bits per heavy atom. The zero-order valence-corrected chi connectivity index (χ0v) is 16.3. The molecule has 0 aliphatic carbocycles. The van der Waals surface area contributed by atoms with Crippen molar-refractivity contribution in [2.45, 2.75) is 13.5 Å². The van der Waals surface area contributed by atoms with E-state index < -0.39 is 0 Å². The van der Waals surface area contributed by atoms with Gasteiger partial charge < -0.3 is 4.74 Å². The van der Waals surface area contributed by atoms with Gasteiger partial charge in [0, 0.05) is 12.1 Å². The molecule has 0 atom stereocenters. The van der Waals surface area contributed by atoms with E-state index in [0.717, 1.165) is 5.75 Å². The maximum atomic E-state index is 12.6. The lowest BCUT2D eigenvalue weighted by molar-refractivity contribution is 0.0962. The van der Waals surface area contributed by atoms with Gasteiger partial charge in [-0.25, -0.2) is 4.98 Å². The zero-order chi connectivity index (χ0) is 20.9. The molecule has 7 nitrogen and oxygen atoms in total. The average molecular weight is 400 g/mol. The highest BCUT2D eigenvalue weighted by Crippen LogP contribution is 2.21. The standard InChI is InChI=1S/C23H20N4O3/c1-2-27-22(29)19-10-6-7-11-20(19)24-23(27)26-25-21(28)16-12-14-18(15-13-16)30-17-8-4-3-5-9-17/h3-15H,2H2,1H3,(H,24,26)(H,25,28). The molecule has 4 aromatic rings. The Morgan fingerprint density at radius 3 is 2.33 bits per heavy atom. The Balaban J connectivity index is 1.48. The SMILES string of the molecule is CCn1c(NNC(=O)c2ccc(Oc3ccccc3)cc2)nc2ccccc2c1=O. The van der Waals surface area contributed by atoms with Crippen molar-refractivity contribution in [3.05, 3.63) is 94.8 Å². The van der Waals surface area contributed by atoms with Gasteiger partial charge in [0.15, 0.2) is 0 Å². The Labute approximate surface area is 172 Å². The molecule has 0 aliphatic rings. The fourth-order valence-corrected chi connectivity index (χ4v) is 3.04. The molecular weight excluding hydrogens is 380 g/mol. The number of hydrogen-bond acceptors (Lipinski definition) is 5. The highest BCUT2D eigenvalue weighted by Gasteiger charge is 2.11. The molecule has 3 aromatic carbocycles. The lowest BCUT2D eigenvalue weighted by atomic mass is 10.2. The van der Waals surface area contributed by atoms with Crippen LogP contribution in [0.1, 0.15) is 17.3 Å². The van der Waals surface area contributed by atoms with Crippen molar-refractivity contribution in [1.29, 1.82) is 0 Å². The maximum Gasteiger partial charge on any atom is 0.269 e. The number of anilines is 1. The van der Waals surface area contributed by atoms with E-state index >= 15 is 0 Å². The van der Waals surface area contributed by atoms with E-state index in [9.17, 15) is 9.59 Å². The van der Waals surface area contributed by atoms with Crippen molar-refractivity contribution < 1.29 is 9.53 Å². The second-order valence-corrected chi connectivity index (χ2v) is 6.52. The Kier molecular flexibility index (Phi) is 5.43. The van der Waals surface area contributed by atoms with Gasteiger partial charge in [0.1, 0.15) is 11.5 Å². The topological polar surface area (TPSA) is 85.2 Å². The van der Waals surface area contributed by atoms with Crippen LogP contribution in [-0.2, 0) is 6.54 Å². The third-order valence-electron chi connectivity index (χ3n) is 4.56. The van der Waals surface area contributed by atoms with Gasteiger partial charge in [-0.15, -0.1) is 0 Å². The summed E-state index contributed by atoms with van der Waals surface area (Å²) >= 11 is 0. The van der Waals surface area contributed by atoms with Crippen LogP contribution in [0.3, 0.4) is 0 Å². The van der Waals surface area contributed by atoms with E-state index in [1.165, 1.54) is 4.57 Å². The van der Waals surface area contributed by atoms with E-state index in [0.29, 0.717) is 28.8 Å². The fraction of sp³-hybridized carbons (Fsp3) is 0.0870. The van der Waals surface area contributed by atoms with Gasteiger partial charge >= 0.3 is 0 Å². The van der Waals surface area contributed by atoms with Crippen LogP contribution < -0.4 is 21.1 Å². The van der Waals surface area contributed by atoms with Crippen molar-refractivity contribution >= 4 is 22.8 Å². The number of ether oxygens (including phenoxy) is 1. The van der Waals surface area contributed by atoms with Crippen LogP contribution in [0.5, 0.6) is 11.5 Å². The summed E-state index contributed by atoms with van der Waals surface area (Å²) in [7, 11) is 0. The molecule has 150 valence electrons. The molecule has 0 saturated carbocycles. The van der Waals surface area contributed by atoms with E-state index in [1.807, 2.05) is 43.3 Å². The molecule has 1 heterocycles. The van der Waals surface area contributed by atoms with Crippen LogP contribution in [0.25, 0.3) is 10.9 Å². The molecule has 0 spiro atoms. The number of benzene rings is 3.